The summed E-state index contributed by atoms with van der Waals surface area (Å²) < 4.78 is 1.27. The lowest BCUT2D eigenvalue weighted by molar-refractivity contribution is 0.818. The lowest BCUT2D eigenvalue weighted by atomic mass is 10.1. The summed E-state index contributed by atoms with van der Waals surface area (Å²) in [5.74, 6) is 0.383. The van der Waals surface area contributed by atoms with Crippen molar-refractivity contribution in [3.05, 3.63) is 66.9 Å². The Kier molecular flexibility index (Phi) is 4.44. The Morgan fingerprint density at radius 1 is 1.36 bits per heavy atom. The number of aromatic nitrogens is 3. The van der Waals surface area contributed by atoms with Crippen molar-refractivity contribution in [1.29, 1.82) is 5.26 Å². The Bertz CT molecular complexity index is 1250. The van der Waals surface area contributed by atoms with E-state index in [-0.39, 0.29) is 16.8 Å². The highest BCUT2D eigenvalue weighted by Crippen LogP contribution is 2.42. The number of hydrogen-bond donors (Lipinski definition) is 2. The molecule has 4 rings (SSSR count). The number of nitrogens with one attached hydrogen (secondary N) is 2. The quantitative estimate of drug-likeness (QED) is 0.706. The fourth-order valence-corrected chi connectivity index (χ4v) is 3.59. The van der Waals surface area contributed by atoms with E-state index >= 15 is 0 Å². The zero-order valence-corrected chi connectivity index (χ0v) is 16.2. The van der Waals surface area contributed by atoms with Gasteiger partial charge in [-0.1, -0.05) is 11.6 Å². The summed E-state index contributed by atoms with van der Waals surface area (Å²) in [5, 5.41) is 13.4. The van der Waals surface area contributed by atoms with Crippen LogP contribution < -0.4 is 16.4 Å². The van der Waals surface area contributed by atoms with Crippen molar-refractivity contribution in [2.24, 2.45) is 7.05 Å². The molecule has 1 fully saturated rings. The van der Waals surface area contributed by atoms with Gasteiger partial charge in [-0.15, -0.1) is 0 Å². The predicted octanol–water partition coefficient (Wildman–Crippen LogP) is 3.20. The molecule has 3 aromatic heterocycles. The molecule has 8 heteroatoms. The van der Waals surface area contributed by atoms with Crippen LogP contribution in [0, 0.1) is 11.3 Å². The standard InChI is InChI=1S/C20H18ClN5O2/c1-10(23-16-6-5-13(9-22)26(2)20(16)28)14-7-12-8-15(21)17(11-3-4-11)24-18(12)25-19(14)27/h5-8,10-11,23H,3-4H2,1-2H3,(H,24,25,27)/t10-/m0/s1. The van der Waals surface area contributed by atoms with Gasteiger partial charge in [-0.25, -0.2) is 4.98 Å². The summed E-state index contributed by atoms with van der Waals surface area (Å²) >= 11 is 6.37. The van der Waals surface area contributed by atoms with Crippen LogP contribution in [0.2, 0.25) is 5.02 Å². The van der Waals surface area contributed by atoms with Crippen molar-refractivity contribution in [3.63, 3.8) is 0 Å². The van der Waals surface area contributed by atoms with Crippen molar-refractivity contribution >= 4 is 28.3 Å². The first-order valence-electron chi connectivity index (χ1n) is 8.99. The van der Waals surface area contributed by atoms with E-state index in [0.29, 0.717) is 27.8 Å². The van der Waals surface area contributed by atoms with Crippen LogP contribution in [0.4, 0.5) is 5.69 Å². The second kappa shape index (κ2) is 6.80. The molecule has 28 heavy (non-hydrogen) atoms. The first-order valence-corrected chi connectivity index (χ1v) is 9.37. The van der Waals surface area contributed by atoms with Crippen LogP contribution in [-0.4, -0.2) is 14.5 Å². The zero-order valence-electron chi connectivity index (χ0n) is 15.4. The van der Waals surface area contributed by atoms with Gasteiger partial charge in [-0.3, -0.25) is 9.59 Å². The summed E-state index contributed by atoms with van der Waals surface area (Å²) in [5.41, 5.74) is 1.80. The summed E-state index contributed by atoms with van der Waals surface area (Å²) in [7, 11) is 1.53. The van der Waals surface area contributed by atoms with Crippen LogP contribution in [0.25, 0.3) is 11.0 Å². The summed E-state index contributed by atoms with van der Waals surface area (Å²) in [6, 6.07) is 8.20. The normalized spacial score (nSPS) is 14.6. The largest absolute Gasteiger partial charge is 0.374 e. The van der Waals surface area contributed by atoms with Crippen LogP contribution in [0.3, 0.4) is 0 Å². The number of hydrogen-bond acceptors (Lipinski definition) is 5. The number of pyridine rings is 3. The predicted molar refractivity (Wildman–Crippen MR) is 108 cm³/mol. The van der Waals surface area contributed by atoms with Gasteiger partial charge in [0.05, 0.1) is 16.8 Å². The molecule has 1 saturated carbocycles. The highest BCUT2D eigenvalue weighted by Gasteiger charge is 2.28. The third-order valence-corrected chi connectivity index (χ3v) is 5.36. The molecule has 3 aromatic rings. The van der Waals surface area contributed by atoms with Gasteiger partial charge in [0.2, 0.25) is 0 Å². The Morgan fingerprint density at radius 3 is 2.79 bits per heavy atom. The number of aromatic amines is 1. The highest BCUT2D eigenvalue weighted by molar-refractivity contribution is 6.31. The number of halogens is 1. The Hall–Kier alpha value is -3.11. The van der Waals surface area contributed by atoms with E-state index in [4.69, 9.17) is 16.9 Å². The van der Waals surface area contributed by atoms with Gasteiger partial charge in [0.25, 0.3) is 11.1 Å². The van der Waals surface area contributed by atoms with Crippen LogP contribution in [0.1, 0.15) is 48.7 Å². The molecule has 0 aromatic carbocycles. The molecule has 0 spiro atoms. The monoisotopic (exact) mass is 395 g/mol. The number of H-pyrrole nitrogens is 1. The first kappa shape index (κ1) is 18.3. The molecule has 0 bridgehead atoms. The van der Waals surface area contributed by atoms with E-state index in [1.54, 1.807) is 25.1 Å². The second-order valence-corrected chi connectivity index (χ2v) is 7.50. The lowest BCUT2D eigenvalue weighted by Crippen LogP contribution is -2.26. The molecule has 7 nitrogen and oxygen atoms in total. The second-order valence-electron chi connectivity index (χ2n) is 7.10. The average Bonchev–Trinajstić information content (AvgIpc) is 3.50. The summed E-state index contributed by atoms with van der Waals surface area (Å²) in [6.45, 7) is 1.79. The van der Waals surface area contributed by atoms with Crippen molar-refractivity contribution in [3.8, 4) is 6.07 Å². The first-order chi connectivity index (χ1) is 13.4. The average molecular weight is 396 g/mol. The maximum Gasteiger partial charge on any atom is 0.274 e. The number of fused-ring (bicyclic) bond motifs is 1. The summed E-state index contributed by atoms with van der Waals surface area (Å²) in [6.07, 6.45) is 2.14. The van der Waals surface area contributed by atoms with Gasteiger partial charge in [0.15, 0.2) is 0 Å². The Balaban J connectivity index is 1.71. The van der Waals surface area contributed by atoms with Crippen LogP contribution >= 0.6 is 11.6 Å². The van der Waals surface area contributed by atoms with Gasteiger partial charge in [-0.05, 0) is 44.0 Å². The van der Waals surface area contributed by atoms with Gasteiger partial charge < -0.3 is 14.9 Å². The highest BCUT2D eigenvalue weighted by atomic mass is 35.5. The number of nitriles is 1. The SMILES string of the molecule is C[C@H](Nc1ccc(C#N)n(C)c1=O)c1cc2cc(Cl)c(C3CC3)nc2[nH]c1=O. The Morgan fingerprint density at radius 2 is 2.11 bits per heavy atom. The van der Waals surface area contributed by atoms with Gasteiger partial charge in [0, 0.05) is 23.9 Å². The van der Waals surface area contributed by atoms with E-state index in [2.05, 4.69) is 15.3 Å². The van der Waals surface area contributed by atoms with Crippen molar-refractivity contribution in [2.75, 3.05) is 5.32 Å². The number of anilines is 1. The molecule has 2 N–H and O–H groups in total. The third kappa shape index (κ3) is 3.16. The molecule has 1 atom stereocenters. The van der Waals surface area contributed by atoms with Gasteiger partial charge in [0.1, 0.15) is 23.1 Å². The summed E-state index contributed by atoms with van der Waals surface area (Å²) in [4.78, 5) is 32.4. The number of nitrogens with zero attached hydrogens (tertiary/aromatic N) is 3. The molecule has 3 heterocycles. The van der Waals surface area contributed by atoms with Crippen molar-refractivity contribution < 1.29 is 0 Å². The van der Waals surface area contributed by atoms with Crippen molar-refractivity contribution in [2.45, 2.75) is 31.7 Å². The van der Waals surface area contributed by atoms with Gasteiger partial charge in [-0.2, -0.15) is 5.26 Å². The van der Waals surface area contributed by atoms with E-state index in [9.17, 15) is 9.59 Å². The molecule has 0 radical (unpaired) electrons. The molecule has 0 unspecified atom stereocenters. The third-order valence-electron chi connectivity index (χ3n) is 5.06. The zero-order chi connectivity index (χ0) is 20.0. The van der Waals surface area contributed by atoms with E-state index in [0.717, 1.165) is 23.9 Å². The smallest absolute Gasteiger partial charge is 0.274 e. The van der Waals surface area contributed by atoms with Crippen LogP contribution in [0.15, 0.2) is 33.9 Å². The van der Waals surface area contributed by atoms with Gasteiger partial charge >= 0.3 is 0 Å². The topological polar surface area (TPSA) is 104 Å². The fraction of sp³-hybridized carbons (Fsp3) is 0.300. The maximum absolute atomic E-state index is 12.6. The minimum atomic E-state index is -0.435. The van der Waals surface area contributed by atoms with Crippen LogP contribution in [0.5, 0.6) is 0 Å². The molecule has 0 aliphatic heterocycles. The molecular formula is C20H18ClN5O2. The Labute approximate surface area is 165 Å². The minimum Gasteiger partial charge on any atom is -0.374 e. The molecular weight excluding hydrogens is 378 g/mol. The van der Waals surface area contributed by atoms with Crippen LogP contribution in [-0.2, 0) is 7.05 Å². The lowest BCUT2D eigenvalue weighted by Gasteiger charge is -2.16. The van der Waals surface area contributed by atoms with E-state index in [1.165, 1.54) is 11.6 Å². The maximum atomic E-state index is 12.6. The van der Waals surface area contributed by atoms with Crippen molar-refractivity contribution in [1.82, 2.24) is 14.5 Å². The number of rotatable bonds is 4. The van der Waals surface area contributed by atoms with E-state index < -0.39 is 6.04 Å². The molecule has 0 saturated heterocycles. The molecule has 0 amide bonds. The van der Waals surface area contributed by atoms with E-state index in [1.807, 2.05) is 12.1 Å². The molecule has 1 aliphatic rings. The molecule has 1 aliphatic carbocycles. The fourth-order valence-electron chi connectivity index (χ4n) is 3.27. The minimum absolute atomic E-state index is 0.263. The molecule has 142 valence electrons.